The number of aromatic nitrogens is 1. The van der Waals surface area contributed by atoms with Crippen LogP contribution in [0, 0.1) is 0 Å². The summed E-state index contributed by atoms with van der Waals surface area (Å²) < 4.78 is 25.7. The molecule has 6 nitrogen and oxygen atoms in total. The van der Waals surface area contributed by atoms with Crippen LogP contribution in [0.5, 0.6) is 0 Å². The second-order valence-corrected chi connectivity index (χ2v) is 7.86. The molecule has 138 valence electrons. The van der Waals surface area contributed by atoms with E-state index in [2.05, 4.69) is 10.3 Å². The number of hydrogen-bond acceptors (Lipinski definition) is 4. The van der Waals surface area contributed by atoms with Crippen molar-refractivity contribution in [3.05, 3.63) is 77.8 Å². The monoisotopic (exact) mass is 381 g/mol. The van der Waals surface area contributed by atoms with Gasteiger partial charge in [-0.15, -0.1) is 0 Å². The smallest absolute Gasteiger partial charge is 0.239 e. The lowest BCUT2D eigenvalue weighted by Gasteiger charge is -2.15. The van der Waals surface area contributed by atoms with E-state index in [9.17, 15) is 13.2 Å². The van der Waals surface area contributed by atoms with Crippen LogP contribution in [0.2, 0.25) is 0 Å². The minimum atomic E-state index is -3.71. The number of fused-ring (bicyclic) bond motifs is 1. The predicted octanol–water partition coefficient (Wildman–Crippen LogP) is 3.11. The summed E-state index contributed by atoms with van der Waals surface area (Å²) in [5.74, 6) is -0.425. The molecule has 0 unspecified atom stereocenters. The first-order valence-corrected chi connectivity index (χ1v) is 9.79. The van der Waals surface area contributed by atoms with E-state index in [-0.39, 0.29) is 6.54 Å². The topological polar surface area (TPSA) is 79.4 Å². The first-order valence-electron chi connectivity index (χ1n) is 8.29. The molecule has 0 aliphatic rings. The molecule has 0 aliphatic heterocycles. The van der Waals surface area contributed by atoms with Crippen LogP contribution in [-0.2, 0) is 14.8 Å². The average Bonchev–Trinajstić information content (AvgIpc) is 2.67. The van der Waals surface area contributed by atoms with Crippen molar-refractivity contribution in [2.45, 2.75) is 0 Å². The van der Waals surface area contributed by atoms with Gasteiger partial charge in [0.15, 0.2) is 0 Å². The Kier molecular flexibility index (Phi) is 5.63. The fraction of sp³-hybridized carbons (Fsp3) is 0.100. The number of amides is 1. The van der Waals surface area contributed by atoms with Crippen molar-refractivity contribution in [2.24, 2.45) is 0 Å². The molecule has 0 saturated carbocycles. The second-order valence-electron chi connectivity index (χ2n) is 5.94. The van der Waals surface area contributed by atoms with E-state index in [1.165, 1.54) is 13.1 Å². The van der Waals surface area contributed by atoms with Gasteiger partial charge in [0.25, 0.3) is 0 Å². The lowest BCUT2D eigenvalue weighted by Crippen LogP contribution is -2.33. The molecule has 27 heavy (non-hydrogen) atoms. The highest BCUT2D eigenvalue weighted by Gasteiger charge is 2.18. The molecule has 1 amide bonds. The first kappa shape index (κ1) is 18.8. The molecule has 2 aromatic carbocycles. The molecule has 0 aliphatic carbocycles. The van der Waals surface area contributed by atoms with Crippen molar-refractivity contribution in [1.29, 1.82) is 0 Å². The SMILES string of the molecule is CN(CC(=O)Nc1cccc2ncccc12)S(=O)(=O)C=Cc1ccccc1. The van der Waals surface area contributed by atoms with Gasteiger partial charge in [-0.05, 0) is 35.9 Å². The number of carbonyl (C=O) groups is 1. The molecule has 3 aromatic rings. The minimum absolute atomic E-state index is 0.294. The van der Waals surface area contributed by atoms with Crippen LogP contribution in [-0.4, -0.2) is 37.2 Å². The van der Waals surface area contributed by atoms with Crippen molar-refractivity contribution in [3.8, 4) is 0 Å². The zero-order chi connectivity index (χ0) is 19.3. The molecule has 1 heterocycles. The Morgan fingerprint density at radius 3 is 2.63 bits per heavy atom. The summed E-state index contributed by atoms with van der Waals surface area (Å²) in [6, 6.07) is 18.1. The minimum Gasteiger partial charge on any atom is -0.324 e. The largest absolute Gasteiger partial charge is 0.324 e. The molecule has 0 saturated heterocycles. The normalized spacial score (nSPS) is 11.9. The van der Waals surface area contributed by atoms with Crippen LogP contribution in [0.15, 0.2) is 72.3 Å². The predicted molar refractivity (Wildman–Crippen MR) is 107 cm³/mol. The highest BCUT2D eigenvalue weighted by Crippen LogP contribution is 2.21. The summed E-state index contributed by atoms with van der Waals surface area (Å²) in [7, 11) is -2.34. The fourth-order valence-corrected chi connectivity index (χ4v) is 3.36. The second kappa shape index (κ2) is 8.11. The molecule has 7 heteroatoms. The number of pyridine rings is 1. The lowest BCUT2D eigenvalue weighted by molar-refractivity contribution is -0.116. The Labute approximate surface area is 158 Å². The van der Waals surface area contributed by atoms with Gasteiger partial charge in [-0.3, -0.25) is 9.78 Å². The number of carbonyl (C=O) groups excluding carboxylic acids is 1. The van der Waals surface area contributed by atoms with Crippen LogP contribution < -0.4 is 5.32 Å². The molecule has 1 N–H and O–H groups in total. The van der Waals surface area contributed by atoms with Crippen molar-refractivity contribution in [1.82, 2.24) is 9.29 Å². The number of nitrogens with zero attached hydrogens (tertiary/aromatic N) is 2. The number of anilines is 1. The lowest BCUT2D eigenvalue weighted by atomic mass is 10.2. The third kappa shape index (κ3) is 4.78. The van der Waals surface area contributed by atoms with Crippen molar-refractivity contribution >= 4 is 38.6 Å². The number of rotatable bonds is 6. The van der Waals surface area contributed by atoms with E-state index in [1.54, 1.807) is 36.5 Å². The molecule has 0 bridgehead atoms. The highest BCUT2D eigenvalue weighted by molar-refractivity contribution is 7.92. The summed E-state index contributed by atoms with van der Waals surface area (Å²) in [5, 5.41) is 4.64. The van der Waals surface area contributed by atoms with E-state index in [0.29, 0.717) is 5.69 Å². The Bertz CT molecular complexity index is 1070. The van der Waals surface area contributed by atoms with E-state index in [4.69, 9.17) is 0 Å². The molecule has 1 aromatic heterocycles. The third-order valence-electron chi connectivity index (χ3n) is 3.95. The summed E-state index contributed by atoms with van der Waals surface area (Å²) in [6.45, 7) is -0.294. The molecule has 0 spiro atoms. The van der Waals surface area contributed by atoms with Gasteiger partial charge in [0, 0.05) is 24.0 Å². The maximum Gasteiger partial charge on any atom is 0.239 e. The zero-order valence-electron chi connectivity index (χ0n) is 14.7. The Hall–Kier alpha value is -3.03. The number of hydrogen-bond donors (Lipinski definition) is 1. The quantitative estimate of drug-likeness (QED) is 0.712. The van der Waals surface area contributed by atoms with E-state index in [0.717, 1.165) is 26.2 Å². The van der Waals surface area contributed by atoms with Gasteiger partial charge in [-0.25, -0.2) is 8.42 Å². The molecule has 0 radical (unpaired) electrons. The maximum atomic E-state index is 12.4. The number of nitrogens with one attached hydrogen (secondary N) is 1. The average molecular weight is 381 g/mol. The van der Waals surface area contributed by atoms with Crippen molar-refractivity contribution in [2.75, 3.05) is 18.9 Å². The van der Waals surface area contributed by atoms with Crippen LogP contribution in [0.4, 0.5) is 5.69 Å². The maximum absolute atomic E-state index is 12.4. The number of benzene rings is 2. The molecular weight excluding hydrogens is 362 g/mol. The third-order valence-corrected chi connectivity index (χ3v) is 5.43. The van der Waals surface area contributed by atoms with Crippen LogP contribution in [0.1, 0.15) is 5.56 Å². The van der Waals surface area contributed by atoms with E-state index < -0.39 is 15.9 Å². The van der Waals surface area contributed by atoms with Gasteiger partial charge in [0.1, 0.15) is 0 Å². The summed E-state index contributed by atoms with van der Waals surface area (Å²) in [4.78, 5) is 16.6. The summed E-state index contributed by atoms with van der Waals surface area (Å²) in [5.41, 5.74) is 2.11. The molecule has 3 rings (SSSR count). The Morgan fingerprint density at radius 2 is 1.85 bits per heavy atom. The Balaban J connectivity index is 1.68. The molecule has 0 fully saturated rings. The van der Waals surface area contributed by atoms with Gasteiger partial charge >= 0.3 is 0 Å². The highest BCUT2D eigenvalue weighted by atomic mass is 32.2. The van der Waals surface area contributed by atoms with Crippen molar-refractivity contribution < 1.29 is 13.2 Å². The number of likely N-dealkylation sites (N-methyl/N-ethyl adjacent to an activating group) is 1. The van der Waals surface area contributed by atoms with Gasteiger partial charge in [0.2, 0.25) is 15.9 Å². The molecular formula is C20H19N3O3S. The van der Waals surface area contributed by atoms with Gasteiger partial charge in [-0.2, -0.15) is 4.31 Å². The van der Waals surface area contributed by atoms with Crippen LogP contribution in [0.3, 0.4) is 0 Å². The van der Waals surface area contributed by atoms with E-state index in [1.807, 2.05) is 30.3 Å². The van der Waals surface area contributed by atoms with Crippen LogP contribution in [0.25, 0.3) is 17.0 Å². The fourth-order valence-electron chi connectivity index (χ4n) is 2.53. The van der Waals surface area contributed by atoms with Crippen molar-refractivity contribution in [3.63, 3.8) is 0 Å². The zero-order valence-corrected chi connectivity index (χ0v) is 15.6. The molecule has 0 atom stereocenters. The Morgan fingerprint density at radius 1 is 1.07 bits per heavy atom. The summed E-state index contributed by atoms with van der Waals surface area (Å²) >= 11 is 0. The van der Waals surface area contributed by atoms with E-state index >= 15 is 0 Å². The summed E-state index contributed by atoms with van der Waals surface area (Å²) in [6.07, 6.45) is 3.17. The van der Waals surface area contributed by atoms with Gasteiger partial charge in [0.05, 0.1) is 17.7 Å². The standard InChI is InChI=1S/C20H19N3O3S/c1-23(27(25,26)14-12-16-7-3-2-4-8-16)15-20(24)22-19-11-5-10-18-17(19)9-6-13-21-18/h2-14H,15H2,1H3,(H,22,24). The number of sulfonamides is 1. The first-order chi connectivity index (χ1) is 13.0. The van der Waals surface area contributed by atoms with Gasteiger partial charge < -0.3 is 5.32 Å². The van der Waals surface area contributed by atoms with Gasteiger partial charge in [-0.1, -0.05) is 36.4 Å². The van der Waals surface area contributed by atoms with Crippen LogP contribution >= 0.6 is 0 Å².